The highest BCUT2D eigenvalue weighted by atomic mass is 127. The van der Waals surface area contributed by atoms with Crippen LogP contribution in [-0.2, 0) is 17.8 Å². The largest absolute Gasteiger partial charge is 0.481 e. The van der Waals surface area contributed by atoms with Crippen molar-refractivity contribution in [2.24, 2.45) is 5.73 Å². The Kier molecular flexibility index (Phi) is 4.54. The number of hydrogen-bond donors (Lipinski definition) is 2. The predicted octanol–water partition coefficient (Wildman–Crippen LogP) is 1.71. The van der Waals surface area contributed by atoms with Crippen LogP contribution in [0.2, 0.25) is 0 Å². The summed E-state index contributed by atoms with van der Waals surface area (Å²) in [6.07, 6.45) is -1.87. The molecule has 88 valence electrons. The summed E-state index contributed by atoms with van der Waals surface area (Å²) < 4.78 is 26.0. The monoisotopic (exact) mass is 342 g/mol. The van der Waals surface area contributed by atoms with Crippen LogP contribution < -0.4 is 5.73 Å². The van der Waals surface area contributed by atoms with Gasteiger partial charge in [-0.25, -0.2) is 8.78 Å². The second-order valence-electron chi connectivity index (χ2n) is 3.02. The standard InChI is InChI=1S/C9H9F2IN2O2/c10-9(11)8-4(1-7(15)16)5(12)3-14-6(8)2-13/h3,9H,1-2,13H2,(H,15,16). The van der Waals surface area contributed by atoms with Gasteiger partial charge in [-0.2, -0.15) is 0 Å². The lowest BCUT2D eigenvalue weighted by Crippen LogP contribution is -2.13. The molecule has 7 heteroatoms. The summed E-state index contributed by atoms with van der Waals surface area (Å²) in [5.74, 6) is -1.16. The molecule has 0 unspecified atom stereocenters. The molecule has 0 saturated heterocycles. The van der Waals surface area contributed by atoms with Crippen molar-refractivity contribution in [3.8, 4) is 0 Å². The van der Waals surface area contributed by atoms with Crippen molar-refractivity contribution in [2.45, 2.75) is 19.4 Å². The highest BCUT2D eigenvalue weighted by Gasteiger charge is 2.22. The molecule has 0 bridgehead atoms. The first-order valence-electron chi connectivity index (χ1n) is 4.33. The quantitative estimate of drug-likeness (QED) is 0.817. The van der Waals surface area contributed by atoms with Gasteiger partial charge in [0.1, 0.15) is 0 Å². The number of carbonyl (C=O) groups is 1. The number of hydrogen-bond acceptors (Lipinski definition) is 3. The molecule has 1 aromatic rings. The van der Waals surface area contributed by atoms with Gasteiger partial charge in [-0.05, 0) is 28.2 Å². The molecule has 0 aliphatic heterocycles. The minimum atomic E-state index is -2.77. The van der Waals surface area contributed by atoms with Crippen LogP contribution in [0.15, 0.2) is 6.20 Å². The number of pyridine rings is 1. The van der Waals surface area contributed by atoms with Gasteiger partial charge >= 0.3 is 5.97 Å². The van der Waals surface area contributed by atoms with Crippen molar-refractivity contribution in [3.63, 3.8) is 0 Å². The van der Waals surface area contributed by atoms with Gasteiger partial charge in [0.2, 0.25) is 0 Å². The summed E-state index contributed by atoms with van der Waals surface area (Å²) in [5, 5.41) is 8.66. The number of nitrogens with two attached hydrogens (primary N) is 1. The van der Waals surface area contributed by atoms with Gasteiger partial charge < -0.3 is 10.8 Å². The Morgan fingerprint density at radius 2 is 2.25 bits per heavy atom. The molecule has 0 aromatic carbocycles. The Hall–Kier alpha value is -0.830. The Labute approximate surface area is 104 Å². The van der Waals surface area contributed by atoms with Gasteiger partial charge in [0.05, 0.1) is 12.1 Å². The summed E-state index contributed by atoms with van der Waals surface area (Å²) >= 11 is 1.79. The van der Waals surface area contributed by atoms with Crippen LogP contribution >= 0.6 is 22.6 Å². The Morgan fingerprint density at radius 3 is 2.69 bits per heavy atom. The molecule has 0 radical (unpaired) electrons. The molecule has 0 amide bonds. The van der Waals surface area contributed by atoms with E-state index in [9.17, 15) is 13.6 Å². The molecule has 0 aliphatic rings. The van der Waals surface area contributed by atoms with E-state index in [1.54, 1.807) is 22.6 Å². The average molecular weight is 342 g/mol. The normalized spacial score (nSPS) is 10.8. The van der Waals surface area contributed by atoms with Crippen LogP contribution in [0.1, 0.15) is 23.2 Å². The molecular formula is C9H9F2IN2O2. The smallest absolute Gasteiger partial charge is 0.307 e. The van der Waals surface area contributed by atoms with Gasteiger partial charge in [-0.15, -0.1) is 0 Å². The Bertz CT molecular complexity index is 413. The number of nitrogens with zero attached hydrogens (tertiary/aromatic N) is 1. The molecule has 3 N–H and O–H groups in total. The van der Waals surface area contributed by atoms with E-state index in [4.69, 9.17) is 10.8 Å². The number of halogens is 3. The van der Waals surface area contributed by atoms with Crippen molar-refractivity contribution in [2.75, 3.05) is 0 Å². The number of aromatic nitrogens is 1. The molecule has 0 aliphatic carbocycles. The van der Waals surface area contributed by atoms with E-state index in [0.717, 1.165) is 0 Å². The van der Waals surface area contributed by atoms with E-state index in [1.165, 1.54) is 6.20 Å². The Morgan fingerprint density at radius 1 is 1.62 bits per heavy atom. The topological polar surface area (TPSA) is 76.2 Å². The maximum Gasteiger partial charge on any atom is 0.307 e. The fourth-order valence-corrected chi connectivity index (χ4v) is 1.96. The number of carboxylic acid groups (broad SMARTS) is 1. The third kappa shape index (κ3) is 2.85. The van der Waals surface area contributed by atoms with E-state index in [2.05, 4.69) is 4.98 Å². The number of carboxylic acids is 1. The first kappa shape index (κ1) is 13.2. The molecule has 0 atom stereocenters. The summed E-state index contributed by atoms with van der Waals surface area (Å²) in [4.78, 5) is 14.4. The molecule has 1 aromatic heterocycles. The molecule has 16 heavy (non-hydrogen) atoms. The molecule has 0 spiro atoms. The molecule has 1 heterocycles. The zero-order valence-electron chi connectivity index (χ0n) is 8.08. The lowest BCUT2D eigenvalue weighted by molar-refractivity contribution is -0.136. The van der Waals surface area contributed by atoms with E-state index in [-0.39, 0.29) is 23.4 Å². The van der Waals surface area contributed by atoms with Crippen molar-refractivity contribution in [3.05, 3.63) is 26.6 Å². The lowest BCUT2D eigenvalue weighted by Gasteiger charge is -2.12. The number of rotatable bonds is 4. The molecule has 0 saturated carbocycles. The zero-order valence-corrected chi connectivity index (χ0v) is 10.2. The zero-order chi connectivity index (χ0) is 12.3. The minimum Gasteiger partial charge on any atom is -0.481 e. The summed E-state index contributed by atoms with van der Waals surface area (Å²) in [5.41, 5.74) is 5.09. The second kappa shape index (κ2) is 5.48. The van der Waals surface area contributed by atoms with Crippen molar-refractivity contribution < 1.29 is 18.7 Å². The summed E-state index contributed by atoms with van der Waals surface area (Å²) in [6, 6.07) is 0. The van der Waals surface area contributed by atoms with Gasteiger partial charge in [0, 0.05) is 21.9 Å². The van der Waals surface area contributed by atoms with Crippen LogP contribution in [-0.4, -0.2) is 16.1 Å². The van der Waals surface area contributed by atoms with E-state index >= 15 is 0 Å². The van der Waals surface area contributed by atoms with Gasteiger partial charge in [0.25, 0.3) is 6.43 Å². The van der Waals surface area contributed by atoms with Crippen molar-refractivity contribution in [1.82, 2.24) is 4.98 Å². The third-order valence-electron chi connectivity index (χ3n) is 2.00. The van der Waals surface area contributed by atoms with E-state index in [1.807, 2.05) is 0 Å². The number of aliphatic carboxylic acids is 1. The molecule has 1 rings (SSSR count). The maximum atomic E-state index is 12.8. The second-order valence-corrected chi connectivity index (χ2v) is 4.18. The molecule has 4 nitrogen and oxygen atoms in total. The lowest BCUT2D eigenvalue weighted by atomic mass is 10.0. The van der Waals surface area contributed by atoms with Gasteiger partial charge in [-0.3, -0.25) is 9.78 Å². The van der Waals surface area contributed by atoms with Crippen molar-refractivity contribution in [1.29, 1.82) is 0 Å². The number of alkyl halides is 2. The SMILES string of the molecule is NCc1ncc(I)c(CC(=O)O)c1C(F)F. The molecular weight excluding hydrogens is 333 g/mol. The van der Waals surface area contributed by atoms with Crippen LogP contribution in [0.25, 0.3) is 0 Å². The Balaban J connectivity index is 3.35. The highest BCUT2D eigenvalue weighted by Crippen LogP contribution is 2.29. The first-order chi connectivity index (χ1) is 7.47. The maximum absolute atomic E-state index is 12.8. The van der Waals surface area contributed by atoms with Crippen LogP contribution in [0.3, 0.4) is 0 Å². The molecule has 0 fully saturated rings. The van der Waals surface area contributed by atoms with E-state index in [0.29, 0.717) is 3.57 Å². The van der Waals surface area contributed by atoms with Crippen LogP contribution in [0, 0.1) is 3.57 Å². The average Bonchev–Trinajstić information content (AvgIpc) is 2.19. The first-order valence-corrected chi connectivity index (χ1v) is 5.41. The van der Waals surface area contributed by atoms with Crippen LogP contribution in [0.5, 0.6) is 0 Å². The van der Waals surface area contributed by atoms with Crippen LogP contribution in [0.4, 0.5) is 8.78 Å². The predicted molar refractivity (Wildman–Crippen MR) is 61.1 cm³/mol. The van der Waals surface area contributed by atoms with Gasteiger partial charge in [-0.1, -0.05) is 0 Å². The van der Waals surface area contributed by atoms with E-state index < -0.39 is 18.8 Å². The third-order valence-corrected chi connectivity index (χ3v) is 2.93. The summed E-state index contributed by atoms with van der Waals surface area (Å²) in [7, 11) is 0. The van der Waals surface area contributed by atoms with Gasteiger partial charge in [0.15, 0.2) is 0 Å². The fraction of sp³-hybridized carbons (Fsp3) is 0.333. The fourth-order valence-electron chi connectivity index (χ4n) is 1.34. The summed E-state index contributed by atoms with van der Waals surface area (Å²) in [6.45, 7) is -0.136. The highest BCUT2D eigenvalue weighted by molar-refractivity contribution is 14.1. The van der Waals surface area contributed by atoms with Crippen molar-refractivity contribution >= 4 is 28.6 Å². The minimum absolute atomic E-state index is 0.0478.